The molecule has 3 heteroatoms. The van der Waals surface area contributed by atoms with Crippen LogP contribution in [0.2, 0.25) is 0 Å². The lowest BCUT2D eigenvalue weighted by Gasteiger charge is -2.27. The molecule has 3 nitrogen and oxygen atoms in total. The molecule has 2 rings (SSSR count). The Morgan fingerprint density at radius 3 is 3.00 bits per heavy atom. The van der Waals surface area contributed by atoms with Crippen LogP contribution in [0.15, 0.2) is 12.7 Å². The van der Waals surface area contributed by atoms with Gasteiger partial charge in [0.1, 0.15) is 0 Å². The predicted molar refractivity (Wildman–Crippen MR) is 60.6 cm³/mol. The van der Waals surface area contributed by atoms with E-state index < -0.39 is 0 Å². The van der Waals surface area contributed by atoms with E-state index in [2.05, 4.69) is 16.8 Å². The molecule has 2 heterocycles. The number of carbonyl (C=O) groups excluding carboxylic acids is 1. The maximum Gasteiger partial charge on any atom is 0.223 e. The van der Waals surface area contributed by atoms with E-state index in [1.807, 2.05) is 6.08 Å². The van der Waals surface area contributed by atoms with Crippen LogP contribution >= 0.6 is 0 Å². The molecule has 1 amide bonds. The highest BCUT2D eigenvalue weighted by atomic mass is 16.2. The Bertz CT molecular complexity index is 238. The summed E-state index contributed by atoms with van der Waals surface area (Å²) in [5, 5.41) is 3.41. The molecule has 0 aliphatic carbocycles. The molecule has 0 aromatic carbocycles. The second kappa shape index (κ2) is 4.79. The molecule has 2 unspecified atom stereocenters. The van der Waals surface area contributed by atoms with Gasteiger partial charge in [-0.1, -0.05) is 6.08 Å². The smallest absolute Gasteiger partial charge is 0.223 e. The van der Waals surface area contributed by atoms with E-state index in [1.54, 1.807) is 0 Å². The Labute approximate surface area is 91.5 Å². The van der Waals surface area contributed by atoms with Gasteiger partial charge in [-0.3, -0.25) is 4.79 Å². The van der Waals surface area contributed by atoms with Crippen molar-refractivity contribution in [3.63, 3.8) is 0 Å². The number of allylic oxidation sites excluding steroid dienone is 1. The van der Waals surface area contributed by atoms with E-state index in [0.717, 1.165) is 25.9 Å². The van der Waals surface area contributed by atoms with E-state index in [1.165, 1.54) is 12.8 Å². The minimum Gasteiger partial charge on any atom is -0.335 e. The molecule has 2 aliphatic heterocycles. The summed E-state index contributed by atoms with van der Waals surface area (Å²) >= 11 is 0. The van der Waals surface area contributed by atoms with Gasteiger partial charge < -0.3 is 10.2 Å². The van der Waals surface area contributed by atoms with Crippen LogP contribution in [0, 0.1) is 0 Å². The van der Waals surface area contributed by atoms with Crippen molar-refractivity contribution < 1.29 is 4.79 Å². The molecular formula is C12H20N2O. The Hall–Kier alpha value is -0.830. The van der Waals surface area contributed by atoms with Crippen LogP contribution < -0.4 is 5.32 Å². The summed E-state index contributed by atoms with van der Waals surface area (Å²) in [4.78, 5) is 14.2. The first-order valence-electron chi connectivity index (χ1n) is 5.95. The standard InChI is InChI=1S/C12H20N2O/c1-2-3-4-12(15)14-10-5-6-11(14)9-13-8-7-10/h2,10-11,13H,1,3-9H2. The highest BCUT2D eigenvalue weighted by molar-refractivity contribution is 5.77. The van der Waals surface area contributed by atoms with Crippen molar-refractivity contribution in [1.82, 2.24) is 10.2 Å². The number of nitrogens with one attached hydrogen (secondary N) is 1. The van der Waals surface area contributed by atoms with Crippen LogP contribution in [0.4, 0.5) is 0 Å². The molecule has 15 heavy (non-hydrogen) atoms. The molecule has 0 saturated carbocycles. The number of carbonyl (C=O) groups is 1. The first kappa shape index (κ1) is 10.7. The lowest BCUT2D eigenvalue weighted by Crippen LogP contribution is -2.42. The number of amides is 1. The zero-order chi connectivity index (χ0) is 10.7. The number of hydrogen-bond acceptors (Lipinski definition) is 2. The van der Waals surface area contributed by atoms with Crippen LogP contribution in [-0.2, 0) is 4.79 Å². The van der Waals surface area contributed by atoms with Gasteiger partial charge in [-0.05, 0) is 32.2 Å². The lowest BCUT2D eigenvalue weighted by molar-refractivity contribution is -0.133. The Balaban J connectivity index is 2.00. The Kier molecular flexibility index (Phi) is 3.41. The molecule has 0 aromatic rings. The zero-order valence-electron chi connectivity index (χ0n) is 9.24. The summed E-state index contributed by atoms with van der Waals surface area (Å²) in [6.45, 7) is 5.71. The predicted octanol–water partition coefficient (Wildman–Crippen LogP) is 1.31. The Morgan fingerprint density at radius 1 is 1.40 bits per heavy atom. The van der Waals surface area contributed by atoms with Crippen molar-refractivity contribution in [3.05, 3.63) is 12.7 Å². The quantitative estimate of drug-likeness (QED) is 0.709. The molecule has 2 aliphatic rings. The van der Waals surface area contributed by atoms with Crippen molar-refractivity contribution in [3.8, 4) is 0 Å². The van der Waals surface area contributed by atoms with E-state index in [-0.39, 0.29) is 0 Å². The van der Waals surface area contributed by atoms with E-state index in [4.69, 9.17) is 0 Å². The van der Waals surface area contributed by atoms with Gasteiger partial charge in [-0.25, -0.2) is 0 Å². The summed E-state index contributed by atoms with van der Waals surface area (Å²) < 4.78 is 0. The SMILES string of the molecule is C=CCCC(=O)N1C2CCNCC1CC2. The zero-order valence-corrected chi connectivity index (χ0v) is 9.24. The fourth-order valence-electron chi connectivity index (χ4n) is 2.74. The summed E-state index contributed by atoms with van der Waals surface area (Å²) in [6.07, 6.45) is 6.77. The average molecular weight is 208 g/mol. The minimum atomic E-state index is 0.325. The van der Waals surface area contributed by atoms with Gasteiger partial charge in [0.2, 0.25) is 5.91 Å². The number of hydrogen-bond donors (Lipinski definition) is 1. The van der Waals surface area contributed by atoms with Crippen LogP contribution in [-0.4, -0.2) is 36.0 Å². The molecule has 0 aromatic heterocycles. The third-order valence-electron chi connectivity index (χ3n) is 3.50. The van der Waals surface area contributed by atoms with Crippen molar-refractivity contribution in [2.45, 2.75) is 44.2 Å². The topological polar surface area (TPSA) is 32.3 Å². The van der Waals surface area contributed by atoms with Gasteiger partial charge in [0, 0.05) is 25.0 Å². The number of rotatable bonds is 3. The summed E-state index contributed by atoms with van der Waals surface area (Å²) in [5.41, 5.74) is 0. The maximum atomic E-state index is 12.0. The van der Waals surface area contributed by atoms with E-state index in [9.17, 15) is 4.79 Å². The summed E-state index contributed by atoms with van der Waals surface area (Å²) in [7, 11) is 0. The third-order valence-corrected chi connectivity index (χ3v) is 3.50. The molecule has 2 saturated heterocycles. The van der Waals surface area contributed by atoms with Gasteiger partial charge in [-0.15, -0.1) is 6.58 Å². The summed E-state index contributed by atoms with van der Waals surface area (Å²) in [5.74, 6) is 0.325. The fourth-order valence-corrected chi connectivity index (χ4v) is 2.74. The van der Waals surface area contributed by atoms with Gasteiger partial charge >= 0.3 is 0 Å². The van der Waals surface area contributed by atoms with Crippen molar-refractivity contribution in [2.75, 3.05) is 13.1 Å². The van der Waals surface area contributed by atoms with Crippen molar-refractivity contribution in [2.24, 2.45) is 0 Å². The molecule has 2 fully saturated rings. The maximum absolute atomic E-state index is 12.0. The number of fused-ring (bicyclic) bond motifs is 2. The van der Waals surface area contributed by atoms with Gasteiger partial charge in [0.25, 0.3) is 0 Å². The first-order chi connectivity index (χ1) is 7.33. The lowest BCUT2D eigenvalue weighted by atomic mass is 10.1. The normalized spacial score (nSPS) is 30.0. The van der Waals surface area contributed by atoms with Crippen molar-refractivity contribution in [1.29, 1.82) is 0 Å². The molecule has 0 radical (unpaired) electrons. The largest absolute Gasteiger partial charge is 0.335 e. The molecule has 2 atom stereocenters. The minimum absolute atomic E-state index is 0.325. The van der Waals surface area contributed by atoms with Gasteiger partial charge in [-0.2, -0.15) is 0 Å². The fraction of sp³-hybridized carbons (Fsp3) is 0.750. The van der Waals surface area contributed by atoms with E-state index >= 15 is 0 Å². The van der Waals surface area contributed by atoms with Gasteiger partial charge in [0.05, 0.1) is 0 Å². The average Bonchev–Trinajstić information content (AvgIpc) is 2.49. The molecule has 84 valence electrons. The van der Waals surface area contributed by atoms with Gasteiger partial charge in [0.15, 0.2) is 0 Å². The highest BCUT2D eigenvalue weighted by Crippen LogP contribution is 2.28. The monoisotopic (exact) mass is 208 g/mol. The van der Waals surface area contributed by atoms with Crippen LogP contribution in [0.1, 0.15) is 32.1 Å². The molecule has 1 N–H and O–H groups in total. The van der Waals surface area contributed by atoms with Crippen LogP contribution in [0.25, 0.3) is 0 Å². The second-order valence-electron chi connectivity index (χ2n) is 4.51. The van der Waals surface area contributed by atoms with Crippen molar-refractivity contribution >= 4 is 5.91 Å². The molecular weight excluding hydrogens is 188 g/mol. The van der Waals surface area contributed by atoms with Crippen LogP contribution in [0.3, 0.4) is 0 Å². The second-order valence-corrected chi connectivity index (χ2v) is 4.51. The molecule has 2 bridgehead atoms. The number of nitrogens with zero attached hydrogens (tertiary/aromatic N) is 1. The van der Waals surface area contributed by atoms with E-state index in [0.29, 0.717) is 24.4 Å². The molecule has 0 spiro atoms. The first-order valence-corrected chi connectivity index (χ1v) is 5.95. The Morgan fingerprint density at radius 2 is 2.20 bits per heavy atom. The summed E-state index contributed by atoms with van der Waals surface area (Å²) in [6, 6.07) is 0.956. The highest BCUT2D eigenvalue weighted by Gasteiger charge is 2.37. The van der Waals surface area contributed by atoms with Crippen LogP contribution in [0.5, 0.6) is 0 Å². The third kappa shape index (κ3) is 2.23.